The lowest BCUT2D eigenvalue weighted by Gasteiger charge is -2.26. The molecule has 0 aromatic carbocycles. The number of hydrogen-bond acceptors (Lipinski definition) is 6. The first kappa shape index (κ1) is 14.8. The number of halogens is 1. The third-order valence-corrected chi connectivity index (χ3v) is 3.30. The molecule has 1 fully saturated rings. The van der Waals surface area contributed by atoms with Gasteiger partial charge in [-0.05, 0) is 30.9 Å². The van der Waals surface area contributed by atoms with Crippen LogP contribution in [0.1, 0.15) is 19.3 Å². The zero-order valence-corrected chi connectivity index (χ0v) is 12.5. The van der Waals surface area contributed by atoms with E-state index in [0.29, 0.717) is 11.9 Å². The van der Waals surface area contributed by atoms with Crippen LogP contribution in [0.2, 0.25) is 5.28 Å². The van der Waals surface area contributed by atoms with Crippen LogP contribution in [-0.4, -0.2) is 59.5 Å². The number of likely N-dealkylation sites (N-methyl/N-ethyl adjacent to an activating group) is 1. The highest BCUT2D eigenvalue weighted by atomic mass is 35.5. The molecule has 1 aliphatic rings. The van der Waals surface area contributed by atoms with E-state index in [9.17, 15) is 4.79 Å². The molecule has 110 valence electrons. The summed E-state index contributed by atoms with van der Waals surface area (Å²) < 4.78 is 0. The summed E-state index contributed by atoms with van der Waals surface area (Å²) in [7, 11) is 3.40. The summed E-state index contributed by atoms with van der Waals surface area (Å²) in [5, 5.41) is 3.02. The fourth-order valence-electron chi connectivity index (χ4n) is 1.97. The maximum atomic E-state index is 11.5. The number of rotatable bonds is 4. The number of piperidine rings is 1. The van der Waals surface area contributed by atoms with Crippen molar-refractivity contribution in [2.24, 2.45) is 0 Å². The lowest BCUT2D eigenvalue weighted by Crippen LogP contribution is -2.32. The van der Waals surface area contributed by atoms with Crippen molar-refractivity contribution in [1.29, 1.82) is 0 Å². The third kappa shape index (κ3) is 3.93. The van der Waals surface area contributed by atoms with E-state index < -0.39 is 0 Å². The minimum absolute atomic E-state index is 0.0546. The van der Waals surface area contributed by atoms with Crippen molar-refractivity contribution < 1.29 is 4.79 Å². The molecule has 1 aromatic rings. The number of carbonyl (C=O) groups excluding carboxylic acids is 1. The van der Waals surface area contributed by atoms with Crippen molar-refractivity contribution in [3.63, 3.8) is 0 Å². The minimum atomic E-state index is -0.0546. The fraction of sp³-hybridized carbons (Fsp3) is 0.667. The topological polar surface area (TPSA) is 74.2 Å². The van der Waals surface area contributed by atoms with Gasteiger partial charge < -0.3 is 15.1 Å². The lowest BCUT2D eigenvalue weighted by atomic mass is 10.1. The van der Waals surface area contributed by atoms with E-state index >= 15 is 0 Å². The lowest BCUT2D eigenvalue weighted by molar-refractivity contribution is -0.126. The number of carbonyl (C=O) groups is 1. The number of nitrogens with one attached hydrogen (secondary N) is 1. The van der Waals surface area contributed by atoms with Crippen LogP contribution in [0.5, 0.6) is 0 Å². The first-order valence-corrected chi connectivity index (χ1v) is 7.04. The van der Waals surface area contributed by atoms with Crippen molar-refractivity contribution >= 4 is 29.4 Å². The van der Waals surface area contributed by atoms with Gasteiger partial charge in [-0.15, -0.1) is 0 Å². The molecule has 7 nitrogen and oxygen atoms in total. The predicted molar refractivity (Wildman–Crippen MR) is 78.1 cm³/mol. The molecule has 1 amide bonds. The van der Waals surface area contributed by atoms with Gasteiger partial charge in [-0.2, -0.15) is 15.0 Å². The Kier molecular flexibility index (Phi) is 4.94. The molecule has 8 heteroatoms. The van der Waals surface area contributed by atoms with Crippen LogP contribution >= 0.6 is 11.6 Å². The van der Waals surface area contributed by atoms with Crippen LogP contribution in [-0.2, 0) is 4.79 Å². The number of hydrogen-bond donors (Lipinski definition) is 1. The highest BCUT2D eigenvalue weighted by Gasteiger charge is 2.16. The van der Waals surface area contributed by atoms with Gasteiger partial charge >= 0.3 is 0 Å². The van der Waals surface area contributed by atoms with Gasteiger partial charge in [-0.3, -0.25) is 4.79 Å². The van der Waals surface area contributed by atoms with E-state index in [2.05, 4.69) is 25.2 Å². The molecule has 0 saturated carbocycles. The summed E-state index contributed by atoms with van der Waals surface area (Å²) in [4.78, 5) is 27.6. The molecule has 20 heavy (non-hydrogen) atoms. The van der Waals surface area contributed by atoms with Gasteiger partial charge in [0.1, 0.15) is 0 Å². The summed E-state index contributed by atoms with van der Waals surface area (Å²) in [6.07, 6.45) is 3.49. The van der Waals surface area contributed by atoms with Crippen molar-refractivity contribution in [3.05, 3.63) is 5.28 Å². The fourth-order valence-corrected chi connectivity index (χ4v) is 2.12. The molecule has 0 bridgehead atoms. The molecule has 2 heterocycles. The zero-order valence-electron chi connectivity index (χ0n) is 11.8. The molecular formula is C12H19ClN6O. The Morgan fingerprint density at radius 2 is 1.95 bits per heavy atom. The van der Waals surface area contributed by atoms with E-state index in [4.69, 9.17) is 11.6 Å². The van der Waals surface area contributed by atoms with Crippen LogP contribution in [0.15, 0.2) is 0 Å². The van der Waals surface area contributed by atoms with Crippen molar-refractivity contribution in [2.45, 2.75) is 19.3 Å². The van der Waals surface area contributed by atoms with Gasteiger partial charge in [0.2, 0.25) is 23.1 Å². The summed E-state index contributed by atoms with van der Waals surface area (Å²) in [6, 6.07) is 0. The summed E-state index contributed by atoms with van der Waals surface area (Å²) in [5.41, 5.74) is 0. The minimum Gasteiger partial charge on any atom is -0.347 e. The quantitative estimate of drug-likeness (QED) is 0.894. The first-order chi connectivity index (χ1) is 9.56. The Morgan fingerprint density at radius 1 is 1.25 bits per heavy atom. The van der Waals surface area contributed by atoms with Crippen molar-refractivity contribution in [3.8, 4) is 0 Å². The highest BCUT2D eigenvalue weighted by molar-refractivity contribution is 6.28. The van der Waals surface area contributed by atoms with Crippen LogP contribution < -0.4 is 10.2 Å². The molecule has 0 aliphatic carbocycles. The van der Waals surface area contributed by atoms with Crippen molar-refractivity contribution in [1.82, 2.24) is 19.9 Å². The normalized spacial score (nSPS) is 15.1. The van der Waals surface area contributed by atoms with Gasteiger partial charge in [-0.1, -0.05) is 0 Å². The molecule has 2 rings (SSSR count). The maximum absolute atomic E-state index is 11.5. The highest BCUT2D eigenvalue weighted by Crippen LogP contribution is 2.18. The summed E-state index contributed by atoms with van der Waals surface area (Å²) >= 11 is 5.92. The van der Waals surface area contributed by atoms with Gasteiger partial charge in [-0.25, -0.2) is 0 Å². The molecule has 0 radical (unpaired) electrons. The largest absolute Gasteiger partial charge is 0.347 e. The molecular weight excluding hydrogens is 280 g/mol. The second kappa shape index (κ2) is 6.69. The van der Waals surface area contributed by atoms with E-state index in [1.165, 1.54) is 11.3 Å². The molecule has 1 aliphatic heterocycles. The molecule has 1 N–H and O–H groups in total. The molecule has 0 unspecified atom stereocenters. The summed E-state index contributed by atoms with van der Waals surface area (Å²) in [5.74, 6) is 0.853. The number of amides is 1. The Balaban J connectivity index is 2.06. The maximum Gasteiger partial charge on any atom is 0.241 e. The van der Waals surface area contributed by atoms with Gasteiger partial charge in [0.15, 0.2) is 0 Å². The van der Waals surface area contributed by atoms with E-state index in [1.807, 2.05) is 0 Å². The molecule has 1 saturated heterocycles. The van der Waals surface area contributed by atoms with Gasteiger partial charge in [0, 0.05) is 27.2 Å². The monoisotopic (exact) mass is 298 g/mol. The van der Waals surface area contributed by atoms with Crippen LogP contribution in [0.3, 0.4) is 0 Å². The van der Waals surface area contributed by atoms with E-state index in [1.54, 1.807) is 14.1 Å². The van der Waals surface area contributed by atoms with E-state index in [0.717, 1.165) is 25.9 Å². The number of nitrogens with zero attached hydrogens (tertiary/aromatic N) is 5. The van der Waals surface area contributed by atoms with Crippen LogP contribution in [0.25, 0.3) is 0 Å². The zero-order chi connectivity index (χ0) is 14.5. The Hall–Kier alpha value is -1.63. The van der Waals surface area contributed by atoms with Crippen molar-refractivity contribution in [2.75, 3.05) is 43.9 Å². The molecule has 1 aromatic heterocycles. The van der Waals surface area contributed by atoms with Gasteiger partial charge in [0.25, 0.3) is 0 Å². The molecule has 0 atom stereocenters. The number of aromatic nitrogens is 3. The SMILES string of the molecule is CN(C)C(=O)CNc1nc(Cl)nc(N2CCCCC2)n1. The second-order valence-corrected chi connectivity index (χ2v) is 5.26. The standard InChI is InChI=1S/C12H19ClN6O/c1-18(2)9(20)8-14-11-15-10(13)16-12(17-11)19-6-4-3-5-7-19/h3-8H2,1-2H3,(H,14,15,16,17). The van der Waals surface area contributed by atoms with Crippen LogP contribution in [0.4, 0.5) is 11.9 Å². The van der Waals surface area contributed by atoms with Gasteiger partial charge in [0.05, 0.1) is 6.54 Å². The molecule has 0 spiro atoms. The average Bonchev–Trinajstić information content (AvgIpc) is 2.45. The third-order valence-electron chi connectivity index (χ3n) is 3.13. The Bertz CT molecular complexity index is 475. The number of anilines is 2. The van der Waals surface area contributed by atoms with Crippen LogP contribution in [0, 0.1) is 0 Å². The Labute approximate surface area is 123 Å². The first-order valence-electron chi connectivity index (χ1n) is 6.67. The predicted octanol–water partition coefficient (Wildman–Crippen LogP) is 1.02. The average molecular weight is 299 g/mol. The van der Waals surface area contributed by atoms with E-state index in [-0.39, 0.29) is 17.7 Å². The smallest absolute Gasteiger partial charge is 0.241 e. The summed E-state index contributed by atoms with van der Waals surface area (Å²) in [6.45, 7) is 1.99. The Morgan fingerprint density at radius 3 is 2.60 bits per heavy atom. The second-order valence-electron chi connectivity index (χ2n) is 4.92.